The number of hydrogen-bond donors (Lipinski definition) is 2. The number of anilines is 1. The van der Waals surface area contributed by atoms with Gasteiger partial charge in [0, 0.05) is 11.5 Å². The van der Waals surface area contributed by atoms with Crippen molar-refractivity contribution in [3.8, 4) is 0 Å². The number of esters is 1. The third kappa shape index (κ3) is 5.07. The van der Waals surface area contributed by atoms with E-state index in [9.17, 15) is 14.4 Å². The lowest BCUT2D eigenvalue weighted by molar-refractivity contribution is -0.143. The molecule has 0 spiro atoms. The van der Waals surface area contributed by atoms with Crippen LogP contribution < -0.4 is 5.32 Å². The molecule has 0 aromatic heterocycles. The van der Waals surface area contributed by atoms with Crippen LogP contribution in [0.15, 0.2) is 22.7 Å². The Kier molecular flexibility index (Phi) is 6.16. The molecule has 0 bridgehead atoms. The smallest absolute Gasteiger partial charge is 0.337 e. The average Bonchev–Trinajstić information content (AvgIpc) is 2.38. The zero-order valence-electron chi connectivity index (χ0n) is 11.6. The quantitative estimate of drug-likeness (QED) is 0.786. The van der Waals surface area contributed by atoms with E-state index < -0.39 is 18.0 Å². The molecular weight excluding hydrogens is 344 g/mol. The third-order valence-electron chi connectivity index (χ3n) is 2.47. The fourth-order valence-corrected chi connectivity index (χ4v) is 1.85. The zero-order chi connectivity index (χ0) is 16.0. The number of nitrogens with zero attached hydrogens (tertiary/aromatic N) is 1. The average molecular weight is 359 g/mol. The number of ether oxygens (including phenoxy) is 1. The van der Waals surface area contributed by atoms with Gasteiger partial charge in [-0.3, -0.25) is 4.79 Å². The molecule has 1 rings (SSSR count). The van der Waals surface area contributed by atoms with Crippen LogP contribution in [0.5, 0.6) is 0 Å². The molecule has 0 heterocycles. The van der Waals surface area contributed by atoms with Gasteiger partial charge in [0.25, 0.3) is 0 Å². The highest BCUT2D eigenvalue weighted by Crippen LogP contribution is 2.21. The van der Waals surface area contributed by atoms with Crippen molar-refractivity contribution in [1.82, 2.24) is 4.90 Å². The predicted molar refractivity (Wildman–Crippen MR) is 79.4 cm³/mol. The van der Waals surface area contributed by atoms with Crippen molar-refractivity contribution in [2.24, 2.45) is 0 Å². The van der Waals surface area contributed by atoms with Gasteiger partial charge in [0.15, 0.2) is 0 Å². The zero-order valence-corrected chi connectivity index (χ0v) is 13.1. The summed E-state index contributed by atoms with van der Waals surface area (Å²) in [7, 11) is 1.41. The van der Waals surface area contributed by atoms with Crippen molar-refractivity contribution in [3.63, 3.8) is 0 Å². The number of likely N-dealkylation sites (N-methyl/N-ethyl adjacent to an activating group) is 1. The van der Waals surface area contributed by atoms with Crippen molar-refractivity contribution in [1.29, 1.82) is 0 Å². The van der Waals surface area contributed by atoms with E-state index in [0.717, 1.165) is 4.90 Å². The fourth-order valence-electron chi connectivity index (χ4n) is 1.49. The van der Waals surface area contributed by atoms with Gasteiger partial charge >= 0.3 is 18.0 Å². The second-order valence-electron chi connectivity index (χ2n) is 4.09. The summed E-state index contributed by atoms with van der Waals surface area (Å²) in [5.74, 6) is -1.70. The first kappa shape index (κ1) is 17.0. The topological polar surface area (TPSA) is 95.9 Å². The molecule has 0 aliphatic heterocycles. The molecule has 2 amide bonds. The van der Waals surface area contributed by atoms with Gasteiger partial charge in [-0.1, -0.05) is 15.9 Å². The first-order valence-electron chi connectivity index (χ1n) is 6.05. The standard InChI is InChI=1S/C13H15BrN2O5/c1-3-21-11(17)7-16(2)13(20)15-10-6-8(14)4-5-9(10)12(18)19/h4-6H,3,7H2,1-2H3,(H,15,20)(H,18,19). The monoisotopic (exact) mass is 358 g/mol. The molecule has 0 aliphatic rings. The number of carbonyl (C=O) groups is 3. The Morgan fingerprint density at radius 3 is 2.62 bits per heavy atom. The number of hydrogen-bond acceptors (Lipinski definition) is 4. The summed E-state index contributed by atoms with van der Waals surface area (Å²) in [6, 6.07) is 3.79. The van der Waals surface area contributed by atoms with Crippen LogP contribution in [0.4, 0.5) is 10.5 Å². The van der Waals surface area contributed by atoms with E-state index in [1.54, 1.807) is 13.0 Å². The Hall–Kier alpha value is -2.09. The molecule has 0 saturated heterocycles. The Labute approximate surface area is 130 Å². The van der Waals surface area contributed by atoms with Crippen LogP contribution in [0.3, 0.4) is 0 Å². The molecule has 7 nitrogen and oxygen atoms in total. The molecule has 2 N–H and O–H groups in total. The van der Waals surface area contributed by atoms with Crippen molar-refractivity contribution < 1.29 is 24.2 Å². The highest BCUT2D eigenvalue weighted by atomic mass is 79.9. The fraction of sp³-hybridized carbons (Fsp3) is 0.308. The first-order chi connectivity index (χ1) is 9.85. The third-order valence-corrected chi connectivity index (χ3v) is 2.97. The summed E-state index contributed by atoms with van der Waals surface area (Å²) in [5.41, 5.74) is 0.0914. The van der Waals surface area contributed by atoms with Crippen LogP contribution in [0.25, 0.3) is 0 Å². The summed E-state index contributed by atoms with van der Waals surface area (Å²) in [5, 5.41) is 11.5. The molecule has 114 valence electrons. The SMILES string of the molecule is CCOC(=O)CN(C)C(=O)Nc1cc(Br)ccc1C(=O)O. The van der Waals surface area contributed by atoms with Crippen LogP contribution in [0.2, 0.25) is 0 Å². The molecule has 0 radical (unpaired) electrons. The number of rotatable bonds is 5. The second-order valence-corrected chi connectivity index (χ2v) is 5.00. The number of halogens is 1. The number of benzene rings is 1. The van der Waals surface area contributed by atoms with Crippen molar-refractivity contribution in [2.75, 3.05) is 25.5 Å². The Balaban J connectivity index is 2.80. The molecule has 21 heavy (non-hydrogen) atoms. The first-order valence-corrected chi connectivity index (χ1v) is 6.85. The number of carboxylic acid groups (broad SMARTS) is 1. The van der Waals surface area contributed by atoms with E-state index in [0.29, 0.717) is 4.47 Å². The van der Waals surface area contributed by atoms with Crippen LogP contribution in [0.1, 0.15) is 17.3 Å². The maximum atomic E-state index is 11.9. The predicted octanol–water partition coefficient (Wildman–Crippen LogP) is 2.17. The summed E-state index contributed by atoms with van der Waals surface area (Å²) in [6.07, 6.45) is 0. The maximum Gasteiger partial charge on any atom is 0.337 e. The van der Waals surface area contributed by atoms with Gasteiger partial charge in [-0.25, -0.2) is 9.59 Å². The molecule has 8 heteroatoms. The van der Waals surface area contributed by atoms with Crippen LogP contribution in [-0.4, -0.2) is 48.2 Å². The number of urea groups is 1. The number of carboxylic acids is 1. The lowest BCUT2D eigenvalue weighted by Crippen LogP contribution is -2.36. The van der Waals surface area contributed by atoms with Crippen LogP contribution in [-0.2, 0) is 9.53 Å². The van der Waals surface area contributed by atoms with Gasteiger partial charge in [-0.2, -0.15) is 0 Å². The summed E-state index contributed by atoms with van der Waals surface area (Å²) in [6.45, 7) is 1.66. The Bertz CT molecular complexity index is 561. The minimum absolute atomic E-state index is 0.0453. The number of carbonyl (C=O) groups excluding carboxylic acids is 2. The minimum atomic E-state index is -1.16. The Morgan fingerprint density at radius 1 is 1.38 bits per heavy atom. The van der Waals surface area contributed by atoms with Crippen LogP contribution >= 0.6 is 15.9 Å². The molecule has 0 aliphatic carbocycles. The molecular formula is C13H15BrN2O5. The highest BCUT2D eigenvalue weighted by Gasteiger charge is 2.17. The van der Waals surface area contributed by atoms with Crippen molar-refractivity contribution in [3.05, 3.63) is 28.2 Å². The molecule has 0 saturated carbocycles. The summed E-state index contributed by atoms with van der Waals surface area (Å²) in [4.78, 5) is 35.4. The molecule has 1 aromatic carbocycles. The number of aromatic carboxylic acids is 1. The van der Waals surface area contributed by atoms with E-state index in [4.69, 9.17) is 9.84 Å². The minimum Gasteiger partial charge on any atom is -0.478 e. The van der Waals surface area contributed by atoms with Gasteiger partial charge in [0.1, 0.15) is 6.54 Å². The van der Waals surface area contributed by atoms with Crippen molar-refractivity contribution in [2.45, 2.75) is 6.92 Å². The van der Waals surface area contributed by atoms with Gasteiger partial charge in [0.2, 0.25) is 0 Å². The van der Waals surface area contributed by atoms with E-state index >= 15 is 0 Å². The normalized spacial score (nSPS) is 9.86. The van der Waals surface area contributed by atoms with Gasteiger partial charge in [0.05, 0.1) is 17.9 Å². The van der Waals surface area contributed by atoms with Gasteiger partial charge < -0.3 is 20.1 Å². The van der Waals surface area contributed by atoms with Crippen molar-refractivity contribution >= 4 is 39.6 Å². The van der Waals surface area contributed by atoms with Gasteiger partial charge in [-0.05, 0) is 25.1 Å². The summed E-state index contributed by atoms with van der Waals surface area (Å²) < 4.78 is 5.35. The maximum absolute atomic E-state index is 11.9. The van der Waals surface area contributed by atoms with Gasteiger partial charge in [-0.15, -0.1) is 0 Å². The molecule has 0 unspecified atom stereocenters. The lowest BCUT2D eigenvalue weighted by Gasteiger charge is -2.18. The van der Waals surface area contributed by atoms with Crippen LogP contribution in [0, 0.1) is 0 Å². The number of nitrogens with one attached hydrogen (secondary N) is 1. The highest BCUT2D eigenvalue weighted by molar-refractivity contribution is 9.10. The largest absolute Gasteiger partial charge is 0.478 e. The molecule has 1 aromatic rings. The van der Waals surface area contributed by atoms with E-state index in [1.165, 1.54) is 19.2 Å². The molecule has 0 atom stereocenters. The van der Waals surface area contributed by atoms with E-state index in [2.05, 4.69) is 21.2 Å². The van der Waals surface area contributed by atoms with E-state index in [1.807, 2.05) is 0 Å². The lowest BCUT2D eigenvalue weighted by atomic mass is 10.2. The Morgan fingerprint density at radius 2 is 2.05 bits per heavy atom. The summed E-state index contributed by atoms with van der Waals surface area (Å²) >= 11 is 3.20. The second kappa shape index (κ2) is 7.63. The molecule has 0 fully saturated rings. The number of amides is 2. The van der Waals surface area contributed by atoms with E-state index in [-0.39, 0.29) is 24.4 Å².